The van der Waals surface area contributed by atoms with Gasteiger partial charge in [-0.2, -0.15) is 0 Å². The maximum absolute atomic E-state index is 5.27. The molecule has 0 heterocycles. The van der Waals surface area contributed by atoms with Gasteiger partial charge in [-0.3, -0.25) is 0 Å². The predicted molar refractivity (Wildman–Crippen MR) is 206 cm³/mol. The Morgan fingerprint density at radius 2 is 0.511 bits per heavy atom. The topological polar surface area (TPSA) is 70.5 Å². The minimum Gasteiger partial charge on any atom is -1.00 e. The SMILES string of the molecule is CCCCCCCCCCCCCCCCCCOC(N)=S.CCCCCCCCCCCCCCCCCCOC(N)=S.[H-].[Na+]. The Kier molecular flexibility index (Phi) is 51.4. The van der Waals surface area contributed by atoms with Gasteiger partial charge < -0.3 is 22.4 Å². The van der Waals surface area contributed by atoms with E-state index in [9.17, 15) is 0 Å². The van der Waals surface area contributed by atoms with E-state index >= 15 is 0 Å². The van der Waals surface area contributed by atoms with Crippen LogP contribution in [0.5, 0.6) is 0 Å². The van der Waals surface area contributed by atoms with Gasteiger partial charge in [0.25, 0.3) is 10.3 Å². The van der Waals surface area contributed by atoms with Crippen LogP contribution in [0.25, 0.3) is 0 Å². The number of rotatable bonds is 34. The number of nitrogens with two attached hydrogens (primary N) is 2. The second-order valence-electron chi connectivity index (χ2n) is 12.9. The van der Waals surface area contributed by atoms with Gasteiger partial charge in [0.2, 0.25) is 0 Å². The van der Waals surface area contributed by atoms with Crippen molar-refractivity contribution in [1.29, 1.82) is 0 Å². The van der Waals surface area contributed by atoms with Crippen molar-refractivity contribution in [2.24, 2.45) is 11.5 Å². The fourth-order valence-electron chi connectivity index (χ4n) is 5.65. The van der Waals surface area contributed by atoms with E-state index in [-0.39, 0.29) is 41.3 Å². The summed E-state index contributed by atoms with van der Waals surface area (Å²) in [5.74, 6) is 0. The summed E-state index contributed by atoms with van der Waals surface area (Å²) in [4.78, 5) is 0. The molecule has 0 aromatic heterocycles. The van der Waals surface area contributed by atoms with Crippen molar-refractivity contribution in [3.63, 3.8) is 0 Å². The van der Waals surface area contributed by atoms with Gasteiger partial charge in [0.05, 0.1) is 13.2 Å². The summed E-state index contributed by atoms with van der Waals surface area (Å²) in [6.45, 7) is 5.94. The summed E-state index contributed by atoms with van der Waals surface area (Å²) in [6.07, 6.45) is 44.4. The Hall–Kier alpha value is 0.380. The van der Waals surface area contributed by atoms with Crippen LogP contribution >= 0.6 is 24.4 Å². The second-order valence-corrected chi connectivity index (χ2v) is 13.7. The standard InChI is InChI=1S/2C19H39NOS.Na.H/c2*1-2-3-4-5-6-7-8-9-10-11-12-13-14-15-16-17-18-21-19(20)22;;/h2*2-18H2,1H3,(H2,20,22);;/q;;+1;-1. The molecule has 0 amide bonds. The zero-order chi connectivity index (χ0) is 32.6. The molecule has 0 spiro atoms. The molecule has 0 aromatic carbocycles. The molecule has 7 heteroatoms. The van der Waals surface area contributed by atoms with E-state index in [4.69, 9.17) is 20.9 Å². The van der Waals surface area contributed by atoms with E-state index in [1.54, 1.807) is 0 Å². The molecular formula is C38H79N2NaO2S2. The van der Waals surface area contributed by atoms with Gasteiger partial charge in [-0.05, 0) is 37.3 Å². The molecule has 0 aliphatic heterocycles. The zero-order valence-corrected chi connectivity index (χ0v) is 34.5. The quantitative estimate of drug-likeness (QED) is 0.0400. The maximum atomic E-state index is 5.27. The van der Waals surface area contributed by atoms with Gasteiger partial charge in [0.15, 0.2) is 0 Å². The minimum atomic E-state index is 0. The number of ether oxygens (including phenoxy) is 2. The van der Waals surface area contributed by atoms with Crippen LogP contribution in [0, 0.1) is 0 Å². The number of thiocarbonyl (C=S) groups is 2. The van der Waals surface area contributed by atoms with Gasteiger partial charge in [0, 0.05) is 0 Å². The van der Waals surface area contributed by atoms with Gasteiger partial charge in [-0.1, -0.05) is 206 Å². The van der Waals surface area contributed by atoms with Gasteiger partial charge in [-0.15, -0.1) is 0 Å². The Morgan fingerprint density at radius 1 is 0.356 bits per heavy atom. The molecule has 0 aliphatic rings. The van der Waals surface area contributed by atoms with E-state index in [2.05, 4.69) is 38.3 Å². The molecule has 0 radical (unpaired) electrons. The van der Waals surface area contributed by atoms with Crippen molar-refractivity contribution in [1.82, 2.24) is 0 Å². The summed E-state index contributed by atoms with van der Waals surface area (Å²) in [5.41, 5.74) is 10.5. The van der Waals surface area contributed by atoms with Gasteiger partial charge >= 0.3 is 29.6 Å². The smallest absolute Gasteiger partial charge is 1.00 e. The molecule has 0 unspecified atom stereocenters. The van der Waals surface area contributed by atoms with E-state index in [1.807, 2.05) is 0 Å². The molecular weight excluding hydrogens is 604 g/mol. The molecule has 266 valence electrons. The first kappa shape index (κ1) is 49.8. The monoisotopic (exact) mass is 683 g/mol. The van der Waals surface area contributed by atoms with E-state index in [1.165, 1.54) is 193 Å². The summed E-state index contributed by atoms with van der Waals surface area (Å²) in [5, 5.41) is 0.363. The number of unbranched alkanes of at least 4 members (excludes halogenated alkanes) is 30. The second kappa shape index (κ2) is 46.5. The van der Waals surface area contributed by atoms with Crippen LogP contribution in [0.4, 0.5) is 0 Å². The average Bonchev–Trinajstić information content (AvgIpc) is 3.00. The molecule has 45 heavy (non-hydrogen) atoms. The molecule has 0 saturated heterocycles. The molecule has 0 aliphatic carbocycles. The van der Waals surface area contributed by atoms with Crippen LogP contribution in [-0.4, -0.2) is 23.6 Å². The fraction of sp³-hybridized carbons (Fsp3) is 0.947. The predicted octanol–water partition coefficient (Wildman–Crippen LogP) is 10.1. The summed E-state index contributed by atoms with van der Waals surface area (Å²) >= 11 is 9.32. The summed E-state index contributed by atoms with van der Waals surface area (Å²) < 4.78 is 10.1. The number of hydrogen-bond donors (Lipinski definition) is 2. The summed E-state index contributed by atoms with van der Waals surface area (Å²) in [6, 6.07) is 0. The van der Waals surface area contributed by atoms with Crippen LogP contribution in [0.1, 0.15) is 221 Å². The molecule has 0 rings (SSSR count). The maximum Gasteiger partial charge on any atom is 1.00 e. The van der Waals surface area contributed by atoms with Gasteiger partial charge in [0.1, 0.15) is 0 Å². The Bertz CT molecular complexity index is 529. The molecule has 0 fully saturated rings. The van der Waals surface area contributed by atoms with Crippen molar-refractivity contribution in [3.05, 3.63) is 0 Å². The Morgan fingerprint density at radius 3 is 0.667 bits per heavy atom. The average molecular weight is 683 g/mol. The minimum absolute atomic E-state index is 0. The normalized spacial score (nSPS) is 10.5. The molecule has 0 atom stereocenters. The largest absolute Gasteiger partial charge is 1.00 e. The first-order valence-corrected chi connectivity index (χ1v) is 20.2. The Balaban J connectivity index is -0.000000367. The van der Waals surface area contributed by atoms with Crippen molar-refractivity contribution in [3.8, 4) is 0 Å². The first-order valence-electron chi connectivity index (χ1n) is 19.4. The van der Waals surface area contributed by atoms with Gasteiger partial charge in [-0.25, -0.2) is 0 Å². The van der Waals surface area contributed by atoms with Crippen LogP contribution in [-0.2, 0) is 9.47 Å². The van der Waals surface area contributed by atoms with Crippen molar-refractivity contribution < 1.29 is 40.5 Å². The van der Waals surface area contributed by atoms with Crippen LogP contribution in [0.3, 0.4) is 0 Å². The van der Waals surface area contributed by atoms with Crippen molar-refractivity contribution in [2.75, 3.05) is 13.2 Å². The third kappa shape index (κ3) is 54.1. The van der Waals surface area contributed by atoms with E-state index in [0.29, 0.717) is 13.2 Å². The van der Waals surface area contributed by atoms with Crippen LogP contribution in [0.2, 0.25) is 0 Å². The molecule has 0 aromatic rings. The number of hydrogen-bond acceptors (Lipinski definition) is 4. The molecule has 0 saturated carbocycles. The van der Waals surface area contributed by atoms with Crippen LogP contribution in [0.15, 0.2) is 0 Å². The first-order chi connectivity index (χ1) is 21.5. The third-order valence-corrected chi connectivity index (χ3v) is 8.72. The molecule has 4 N–H and O–H groups in total. The summed E-state index contributed by atoms with van der Waals surface area (Å²) in [7, 11) is 0. The third-order valence-electron chi connectivity index (χ3n) is 8.48. The Labute approximate surface area is 317 Å². The van der Waals surface area contributed by atoms with Crippen molar-refractivity contribution >= 4 is 34.8 Å². The van der Waals surface area contributed by atoms with Crippen molar-refractivity contribution in [2.45, 2.75) is 219 Å². The zero-order valence-electron chi connectivity index (χ0n) is 31.8. The fourth-order valence-corrected chi connectivity index (χ4v) is 5.81. The van der Waals surface area contributed by atoms with E-state index in [0.717, 1.165) is 12.8 Å². The van der Waals surface area contributed by atoms with E-state index < -0.39 is 0 Å². The molecule has 0 bridgehead atoms. The molecule has 4 nitrogen and oxygen atoms in total. The van der Waals surface area contributed by atoms with Crippen LogP contribution < -0.4 is 41.0 Å².